The fourth-order valence-corrected chi connectivity index (χ4v) is 4.12. The van der Waals surface area contributed by atoms with Gasteiger partial charge in [0.15, 0.2) is 0 Å². The van der Waals surface area contributed by atoms with Gasteiger partial charge in [-0.25, -0.2) is 0 Å². The molecule has 3 nitrogen and oxygen atoms in total. The zero-order chi connectivity index (χ0) is 14.9. The number of nitrogens with zero attached hydrogens (tertiary/aromatic N) is 1. The number of ether oxygens (including phenoxy) is 1. The number of hydrogen-bond donors (Lipinski definition) is 1. The summed E-state index contributed by atoms with van der Waals surface area (Å²) in [4.78, 5) is 0. The molecular formula is C18H23NO2. The van der Waals surface area contributed by atoms with Crippen LogP contribution in [-0.2, 0) is 17.6 Å². The fourth-order valence-electron chi connectivity index (χ4n) is 4.12. The van der Waals surface area contributed by atoms with Crippen molar-refractivity contribution in [1.29, 1.82) is 5.26 Å². The summed E-state index contributed by atoms with van der Waals surface area (Å²) in [5.74, 6) is 0. The van der Waals surface area contributed by atoms with E-state index >= 15 is 0 Å². The third kappa shape index (κ3) is 2.37. The second-order valence-corrected chi connectivity index (χ2v) is 6.61. The quantitative estimate of drug-likeness (QED) is 0.908. The molecule has 2 aliphatic carbocycles. The largest absolute Gasteiger partial charge is 0.388 e. The molecule has 3 rings (SSSR count). The first-order valence-corrected chi connectivity index (χ1v) is 7.86. The van der Waals surface area contributed by atoms with Crippen LogP contribution in [0, 0.1) is 16.7 Å². The predicted molar refractivity (Wildman–Crippen MR) is 80.7 cm³/mol. The van der Waals surface area contributed by atoms with Gasteiger partial charge in [-0.1, -0.05) is 24.3 Å². The Morgan fingerprint density at radius 1 is 1.19 bits per heavy atom. The van der Waals surface area contributed by atoms with Gasteiger partial charge in [0.2, 0.25) is 0 Å². The van der Waals surface area contributed by atoms with Crippen LogP contribution in [0.3, 0.4) is 0 Å². The number of benzene rings is 1. The Balaban J connectivity index is 1.87. The van der Waals surface area contributed by atoms with Crippen LogP contribution < -0.4 is 0 Å². The highest BCUT2D eigenvalue weighted by Crippen LogP contribution is 2.49. The van der Waals surface area contributed by atoms with Gasteiger partial charge in [-0.3, -0.25) is 0 Å². The van der Waals surface area contributed by atoms with Crippen molar-refractivity contribution in [2.75, 3.05) is 7.11 Å². The van der Waals surface area contributed by atoms with Gasteiger partial charge in [0.05, 0.1) is 23.2 Å². The van der Waals surface area contributed by atoms with Crippen molar-refractivity contribution in [2.45, 2.75) is 56.7 Å². The van der Waals surface area contributed by atoms with E-state index in [9.17, 15) is 10.4 Å². The summed E-state index contributed by atoms with van der Waals surface area (Å²) in [6, 6.07) is 10.8. The van der Waals surface area contributed by atoms with E-state index in [4.69, 9.17) is 4.74 Å². The lowest BCUT2D eigenvalue weighted by Gasteiger charge is -2.48. The van der Waals surface area contributed by atoms with E-state index in [1.807, 2.05) is 6.07 Å². The first-order chi connectivity index (χ1) is 10.1. The maximum absolute atomic E-state index is 11.2. The van der Waals surface area contributed by atoms with Crippen molar-refractivity contribution in [2.24, 2.45) is 5.41 Å². The molecule has 0 saturated heterocycles. The zero-order valence-electron chi connectivity index (χ0n) is 12.6. The number of aryl methyl sites for hydroxylation is 1. The van der Waals surface area contributed by atoms with E-state index in [-0.39, 0.29) is 6.10 Å². The van der Waals surface area contributed by atoms with Gasteiger partial charge in [0.25, 0.3) is 0 Å². The molecule has 21 heavy (non-hydrogen) atoms. The van der Waals surface area contributed by atoms with Crippen molar-refractivity contribution >= 4 is 0 Å². The zero-order valence-corrected chi connectivity index (χ0v) is 12.6. The molecule has 112 valence electrons. The van der Waals surface area contributed by atoms with E-state index < -0.39 is 11.0 Å². The molecule has 0 aromatic heterocycles. The summed E-state index contributed by atoms with van der Waals surface area (Å²) in [7, 11) is 1.73. The van der Waals surface area contributed by atoms with Crippen LogP contribution in [0.25, 0.3) is 0 Å². The highest BCUT2D eigenvalue weighted by atomic mass is 16.5. The van der Waals surface area contributed by atoms with E-state index in [0.29, 0.717) is 19.3 Å². The minimum Gasteiger partial charge on any atom is -0.388 e. The van der Waals surface area contributed by atoms with Crippen molar-refractivity contribution in [3.8, 4) is 6.07 Å². The minimum atomic E-state index is -0.871. The van der Waals surface area contributed by atoms with E-state index in [0.717, 1.165) is 25.7 Å². The molecule has 0 spiro atoms. The maximum atomic E-state index is 11.2. The Labute approximate surface area is 126 Å². The van der Waals surface area contributed by atoms with E-state index in [1.165, 1.54) is 11.1 Å². The molecule has 0 heterocycles. The van der Waals surface area contributed by atoms with E-state index in [2.05, 4.69) is 24.3 Å². The van der Waals surface area contributed by atoms with Crippen LogP contribution in [0.2, 0.25) is 0 Å². The lowest BCUT2D eigenvalue weighted by molar-refractivity contribution is -0.111. The molecule has 1 aromatic rings. The summed E-state index contributed by atoms with van der Waals surface area (Å²) in [6.45, 7) is 0. The van der Waals surface area contributed by atoms with Gasteiger partial charge in [-0.05, 0) is 56.1 Å². The summed E-state index contributed by atoms with van der Waals surface area (Å²) >= 11 is 0. The topological polar surface area (TPSA) is 53.2 Å². The van der Waals surface area contributed by atoms with Gasteiger partial charge in [0, 0.05) is 7.11 Å². The third-order valence-corrected chi connectivity index (χ3v) is 5.63. The molecule has 1 unspecified atom stereocenters. The van der Waals surface area contributed by atoms with Gasteiger partial charge >= 0.3 is 0 Å². The molecule has 0 amide bonds. The van der Waals surface area contributed by atoms with Crippen molar-refractivity contribution in [3.05, 3.63) is 35.4 Å². The van der Waals surface area contributed by atoms with Crippen molar-refractivity contribution in [1.82, 2.24) is 0 Å². The van der Waals surface area contributed by atoms with Crippen LogP contribution in [0.5, 0.6) is 0 Å². The molecule has 1 fully saturated rings. The first-order valence-electron chi connectivity index (χ1n) is 7.86. The molecule has 1 saturated carbocycles. The van der Waals surface area contributed by atoms with Crippen LogP contribution in [0.1, 0.15) is 43.2 Å². The Bertz CT molecular complexity index is 555. The average Bonchev–Trinajstić information content (AvgIpc) is 2.55. The van der Waals surface area contributed by atoms with Crippen LogP contribution in [-0.4, -0.2) is 23.9 Å². The fraction of sp³-hybridized carbons (Fsp3) is 0.611. The number of hydrogen-bond acceptors (Lipinski definition) is 3. The molecular weight excluding hydrogens is 262 g/mol. The standard InChI is InChI=1S/C18H23NO2/c1-21-16-7-10-18(20,11-8-16)17(13-19)9-6-14-4-2-3-5-15(14)12-17/h2-5,16,20H,6-12H2,1H3. The van der Waals surface area contributed by atoms with Gasteiger partial charge in [0.1, 0.15) is 0 Å². The summed E-state index contributed by atoms with van der Waals surface area (Å²) < 4.78 is 5.40. The molecule has 1 aromatic carbocycles. The summed E-state index contributed by atoms with van der Waals surface area (Å²) in [5.41, 5.74) is 1.05. The smallest absolute Gasteiger partial charge is 0.0903 e. The van der Waals surface area contributed by atoms with Crippen molar-refractivity contribution in [3.63, 3.8) is 0 Å². The first kappa shape index (κ1) is 14.6. The van der Waals surface area contributed by atoms with E-state index in [1.54, 1.807) is 7.11 Å². The molecule has 3 heteroatoms. The molecule has 2 aliphatic rings. The molecule has 0 radical (unpaired) electrons. The summed E-state index contributed by atoms with van der Waals surface area (Å²) in [6.07, 6.45) is 5.58. The highest BCUT2D eigenvalue weighted by Gasteiger charge is 2.53. The molecule has 1 N–H and O–H groups in total. The Kier molecular flexibility index (Phi) is 3.77. The number of aliphatic hydroxyl groups is 1. The average molecular weight is 285 g/mol. The number of rotatable bonds is 2. The highest BCUT2D eigenvalue weighted by molar-refractivity contribution is 5.35. The molecule has 0 bridgehead atoms. The lowest BCUT2D eigenvalue weighted by Crippen LogP contribution is -2.53. The number of fused-ring (bicyclic) bond motifs is 1. The van der Waals surface area contributed by atoms with Crippen LogP contribution in [0.4, 0.5) is 0 Å². The molecule has 1 atom stereocenters. The van der Waals surface area contributed by atoms with Gasteiger partial charge in [-0.2, -0.15) is 5.26 Å². The van der Waals surface area contributed by atoms with Crippen LogP contribution >= 0.6 is 0 Å². The SMILES string of the molecule is COC1CCC(O)(C2(C#N)CCc3ccccc3C2)CC1. The Hall–Kier alpha value is -1.37. The monoisotopic (exact) mass is 285 g/mol. The maximum Gasteiger partial charge on any atom is 0.0903 e. The van der Waals surface area contributed by atoms with Gasteiger partial charge in [-0.15, -0.1) is 0 Å². The second-order valence-electron chi connectivity index (χ2n) is 6.61. The lowest BCUT2D eigenvalue weighted by atomic mass is 9.58. The normalized spacial score (nSPS) is 35.8. The van der Waals surface area contributed by atoms with Crippen LogP contribution in [0.15, 0.2) is 24.3 Å². The van der Waals surface area contributed by atoms with Crippen molar-refractivity contribution < 1.29 is 9.84 Å². The molecule has 0 aliphatic heterocycles. The van der Waals surface area contributed by atoms with Gasteiger partial charge < -0.3 is 9.84 Å². The Morgan fingerprint density at radius 2 is 1.86 bits per heavy atom. The predicted octanol–water partition coefficient (Wildman–Crippen LogP) is 3.01. The number of nitriles is 1. The minimum absolute atomic E-state index is 0.233. The Morgan fingerprint density at radius 3 is 2.48 bits per heavy atom. The third-order valence-electron chi connectivity index (χ3n) is 5.63. The second kappa shape index (κ2) is 5.44. The summed E-state index contributed by atoms with van der Waals surface area (Å²) in [5, 5.41) is 21.1. The number of methoxy groups -OCH3 is 1.